The van der Waals surface area contributed by atoms with E-state index in [0.717, 1.165) is 38.2 Å². The zero-order chi connectivity index (χ0) is 30.2. The first-order valence-corrected chi connectivity index (χ1v) is 14.1. The number of hydrogen-bond acceptors (Lipinski definition) is 8. The maximum atomic E-state index is 12.8. The summed E-state index contributed by atoms with van der Waals surface area (Å²) in [4.78, 5) is 40.6. The number of anilines is 1. The number of dihydropyridines is 1. The summed E-state index contributed by atoms with van der Waals surface area (Å²) in [6.07, 6.45) is 2.12. The zero-order valence-electron chi connectivity index (χ0n) is 24.9. The molecule has 2 aromatic rings. The summed E-state index contributed by atoms with van der Waals surface area (Å²) < 4.78 is 15.4. The Labute approximate surface area is 247 Å². The molecule has 0 atom stereocenters. The van der Waals surface area contributed by atoms with Crippen molar-refractivity contribution in [3.63, 3.8) is 0 Å². The van der Waals surface area contributed by atoms with Crippen LogP contribution in [0.5, 0.6) is 5.75 Å². The Hall–Kier alpha value is -4.31. The molecule has 0 aromatic heterocycles. The molecule has 224 valence electrons. The Kier molecular flexibility index (Phi) is 10.2. The highest BCUT2D eigenvalue weighted by atomic mass is 16.5. The molecular weight excluding hydrogens is 536 g/mol. The number of likely N-dealkylation sites (tertiary alicyclic amines) is 1. The third-order valence-corrected chi connectivity index (χ3v) is 7.92. The number of piperidine rings is 1. The van der Waals surface area contributed by atoms with Crippen LogP contribution in [0.3, 0.4) is 0 Å². The summed E-state index contributed by atoms with van der Waals surface area (Å²) in [5.41, 5.74) is 4.27. The molecule has 0 aliphatic carbocycles. The Morgan fingerprint density at radius 2 is 1.50 bits per heavy atom. The predicted molar refractivity (Wildman–Crippen MR) is 160 cm³/mol. The van der Waals surface area contributed by atoms with Crippen molar-refractivity contribution in [2.75, 3.05) is 52.8 Å². The van der Waals surface area contributed by atoms with Crippen LogP contribution in [0.25, 0.3) is 0 Å². The molecule has 4 rings (SSSR count). The Bertz CT molecular complexity index is 1340. The van der Waals surface area contributed by atoms with E-state index in [2.05, 4.69) is 33.0 Å². The Morgan fingerprint density at radius 1 is 0.881 bits per heavy atom. The van der Waals surface area contributed by atoms with E-state index in [1.165, 1.54) is 19.8 Å². The van der Waals surface area contributed by atoms with Crippen molar-refractivity contribution >= 4 is 23.7 Å². The van der Waals surface area contributed by atoms with Crippen LogP contribution in [0.4, 0.5) is 10.5 Å². The molecule has 2 heterocycles. The van der Waals surface area contributed by atoms with Crippen molar-refractivity contribution in [2.24, 2.45) is 0 Å². The van der Waals surface area contributed by atoms with Crippen LogP contribution in [0.2, 0.25) is 0 Å². The van der Waals surface area contributed by atoms with E-state index in [1.54, 1.807) is 45.2 Å². The lowest BCUT2D eigenvalue weighted by molar-refractivity contribution is -0.137. The summed E-state index contributed by atoms with van der Waals surface area (Å²) in [7, 11) is 4.29. The minimum absolute atomic E-state index is 0.306. The van der Waals surface area contributed by atoms with Gasteiger partial charge in [-0.3, -0.25) is 0 Å². The van der Waals surface area contributed by atoms with Gasteiger partial charge in [-0.2, -0.15) is 0 Å². The van der Waals surface area contributed by atoms with E-state index >= 15 is 0 Å². The standard InChI is InChI=1S/C32H40N4O6/c1-20-27(30(37)41-4)29(28(21(2)34-20)31(38)42-5)24-9-6-10-25(18-24)35-32(39)33-14-17-36-15-12-22(13-16-36)23-8-7-11-26(19-23)40-3/h6-11,18-19,22,29,34H,12-17H2,1-5H3,(H2,33,35,39). The van der Waals surface area contributed by atoms with Gasteiger partial charge in [0, 0.05) is 30.2 Å². The van der Waals surface area contributed by atoms with Crippen molar-refractivity contribution in [1.82, 2.24) is 15.5 Å². The number of amides is 2. The fourth-order valence-corrected chi connectivity index (χ4v) is 5.77. The van der Waals surface area contributed by atoms with E-state index in [0.29, 0.717) is 46.3 Å². The van der Waals surface area contributed by atoms with Gasteiger partial charge in [-0.15, -0.1) is 0 Å². The van der Waals surface area contributed by atoms with E-state index in [9.17, 15) is 14.4 Å². The number of carbonyl (C=O) groups excluding carboxylic acids is 3. The molecule has 0 radical (unpaired) electrons. The molecule has 0 spiro atoms. The number of benzene rings is 2. The molecule has 1 fully saturated rings. The maximum absolute atomic E-state index is 12.8. The van der Waals surface area contributed by atoms with Crippen molar-refractivity contribution in [1.29, 1.82) is 0 Å². The average molecular weight is 577 g/mol. The number of rotatable bonds is 9. The van der Waals surface area contributed by atoms with Gasteiger partial charge in [0.25, 0.3) is 0 Å². The van der Waals surface area contributed by atoms with Crippen LogP contribution in [-0.4, -0.2) is 70.4 Å². The van der Waals surface area contributed by atoms with Gasteiger partial charge in [-0.25, -0.2) is 14.4 Å². The number of nitrogens with zero attached hydrogens (tertiary/aromatic N) is 1. The fourth-order valence-electron chi connectivity index (χ4n) is 5.77. The van der Waals surface area contributed by atoms with Gasteiger partial charge in [0.15, 0.2) is 0 Å². The van der Waals surface area contributed by atoms with E-state index < -0.39 is 17.9 Å². The number of allylic oxidation sites excluding steroid dienone is 2. The van der Waals surface area contributed by atoms with Crippen LogP contribution < -0.4 is 20.7 Å². The summed E-state index contributed by atoms with van der Waals surface area (Å²) in [6.45, 7) is 6.71. The molecule has 42 heavy (non-hydrogen) atoms. The van der Waals surface area contributed by atoms with Crippen LogP contribution in [0, 0.1) is 0 Å². The van der Waals surface area contributed by atoms with Crippen molar-refractivity contribution in [3.05, 3.63) is 82.2 Å². The summed E-state index contributed by atoms with van der Waals surface area (Å²) in [5, 5.41) is 8.90. The molecule has 0 unspecified atom stereocenters. The van der Waals surface area contributed by atoms with Crippen LogP contribution >= 0.6 is 0 Å². The number of esters is 2. The zero-order valence-corrected chi connectivity index (χ0v) is 24.9. The monoisotopic (exact) mass is 576 g/mol. The Balaban J connectivity index is 1.35. The number of ether oxygens (including phenoxy) is 3. The fraction of sp³-hybridized carbons (Fsp3) is 0.406. The summed E-state index contributed by atoms with van der Waals surface area (Å²) in [5.74, 6) is -0.435. The van der Waals surface area contributed by atoms with E-state index in [4.69, 9.17) is 14.2 Å². The van der Waals surface area contributed by atoms with Crippen molar-refractivity contribution in [3.8, 4) is 5.75 Å². The molecule has 2 aromatic carbocycles. The molecule has 2 amide bonds. The second-order valence-electron chi connectivity index (χ2n) is 10.5. The normalized spacial score (nSPS) is 16.5. The van der Waals surface area contributed by atoms with Crippen LogP contribution in [-0.2, 0) is 19.1 Å². The minimum atomic E-state index is -0.726. The molecule has 10 heteroatoms. The smallest absolute Gasteiger partial charge is 0.336 e. The second kappa shape index (κ2) is 14.0. The number of nitrogens with one attached hydrogen (secondary N) is 3. The van der Waals surface area contributed by atoms with Crippen molar-refractivity contribution < 1.29 is 28.6 Å². The predicted octanol–water partition coefficient (Wildman–Crippen LogP) is 4.28. The molecule has 10 nitrogen and oxygen atoms in total. The lowest BCUT2D eigenvalue weighted by Gasteiger charge is -2.32. The number of hydrogen-bond donors (Lipinski definition) is 3. The number of methoxy groups -OCH3 is 3. The second-order valence-corrected chi connectivity index (χ2v) is 10.5. The van der Waals surface area contributed by atoms with Gasteiger partial charge < -0.3 is 35.1 Å². The number of carbonyl (C=O) groups is 3. The molecular formula is C32H40N4O6. The lowest BCUT2D eigenvalue weighted by Crippen LogP contribution is -2.40. The average Bonchev–Trinajstić information content (AvgIpc) is 3.00. The SMILES string of the molecule is COC(=O)C1=C(C)NC(C)=C(C(=O)OC)C1c1cccc(NC(=O)NCCN2CCC(c3cccc(OC)c3)CC2)c1. The highest BCUT2D eigenvalue weighted by Crippen LogP contribution is 2.39. The van der Waals surface area contributed by atoms with E-state index in [1.807, 2.05) is 12.1 Å². The van der Waals surface area contributed by atoms with Gasteiger partial charge in [-0.1, -0.05) is 24.3 Å². The van der Waals surface area contributed by atoms with E-state index in [-0.39, 0.29) is 6.03 Å². The number of urea groups is 1. The topological polar surface area (TPSA) is 118 Å². The summed E-state index contributed by atoms with van der Waals surface area (Å²) >= 11 is 0. The third kappa shape index (κ3) is 7.12. The van der Waals surface area contributed by atoms with Crippen LogP contribution in [0.1, 0.15) is 49.7 Å². The molecule has 3 N–H and O–H groups in total. The molecule has 0 saturated carbocycles. The van der Waals surface area contributed by atoms with Crippen molar-refractivity contribution in [2.45, 2.75) is 38.5 Å². The molecule has 1 saturated heterocycles. The quantitative estimate of drug-likeness (QED) is 0.379. The summed E-state index contributed by atoms with van der Waals surface area (Å²) in [6, 6.07) is 15.1. The van der Waals surface area contributed by atoms with Gasteiger partial charge in [0.05, 0.1) is 38.4 Å². The first-order valence-electron chi connectivity index (χ1n) is 14.1. The van der Waals surface area contributed by atoms with Gasteiger partial charge in [-0.05, 0) is 81.1 Å². The lowest BCUT2D eigenvalue weighted by atomic mass is 9.80. The highest BCUT2D eigenvalue weighted by molar-refractivity contribution is 6.00. The molecule has 2 aliphatic rings. The van der Waals surface area contributed by atoms with Gasteiger partial charge in [0.2, 0.25) is 0 Å². The first-order chi connectivity index (χ1) is 20.2. The first kappa shape index (κ1) is 30.6. The highest BCUT2D eigenvalue weighted by Gasteiger charge is 2.37. The van der Waals surface area contributed by atoms with Gasteiger partial charge >= 0.3 is 18.0 Å². The molecule has 2 aliphatic heterocycles. The minimum Gasteiger partial charge on any atom is -0.497 e. The van der Waals surface area contributed by atoms with Crippen LogP contribution in [0.15, 0.2) is 71.1 Å². The van der Waals surface area contributed by atoms with Gasteiger partial charge in [0.1, 0.15) is 5.75 Å². The Morgan fingerprint density at radius 3 is 2.12 bits per heavy atom. The maximum Gasteiger partial charge on any atom is 0.336 e. The molecule has 0 bridgehead atoms. The largest absolute Gasteiger partial charge is 0.497 e. The third-order valence-electron chi connectivity index (χ3n) is 7.92.